The second kappa shape index (κ2) is 6.84. The SMILES string of the molecule is C[C@@H](NC(=O)[C@@](C)(N)C1CC1)c1ccc(Oc2ccccc2)c(F)c1. The largest absolute Gasteiger partial charge is 0.454 e. The van der Waals surface area contributed by atoms with Crippen molar-refractivity contribution in [2.75, 3.05) is 0 Å². The number of hydrogen-bond donors (Lipinski definition) is 2. The van der Waals surface area contributed by atoms with Gasteiger partial charge in [-0.1, -0.05) is 24.3 Å². The lowest BCUT2D eigenvalue weighted by atomic mass is 9.95. The number of amides is 1. The number of para-hydroxylation sites is 1. The monoisotopic (exact) mass is 342 g/mol. The fourth-order valence-electron chi connectivity index (χ4n) is 2.79. The van der Waals surface area contributed by atoms with Gasteiger partial charge in [0, 0.05) is 0 Å². The van der Waals surface area contributed by atoms with Gasteiger partial charge in [-0.3, -0.25) is 4.79 Å². The number of rotatable bonds is 6. The third-order valence-electron chi connectivity index (χ3n) is 4.69. The number of ether oxygens (including phenoxy) is 1. The smallest absolute Gasteiger partial charge is 0.240 e. The zero-order valence-corrected chi connectivity index (χ0v) is 14.5. The number of hydrogen-bond acceptors (Lipinski definition) is 3. The number of benzene rings is 2. The zero-order chi connectivity index (χ0) is 18.0. The fourth-order valence-corrected chi connectivity index (χ4v) is 2.79. The van der Waals surface area contributed by atoms with Gasteiger partial charge < -0.3 is 15.8 Å². The molecule has 0 spiro atoms. The zero-order valence-electron chi connectivity index (χ0n) is 14.5. The van der Waals surface area contributed by atoms with Gasteiger partial charge in [0.15, 0.2) is 11.6 Å². The quantitative estimate of drug-likeness (QED) is 0.836. The molecule has 0 aliphatic heterocycles. The summed E-state index contributed by atoms with van der Waals surface area (Å²) >= 11 is 0. The molecule has 0 aromatic heterocycles. The first-order valence-electron chi connectivity index (χ1n) is 8.50. The third-order valence-corrected chi connectivity index (χ3v) is 4.69. The number of nitrogens with one attached hydrogen (secondary N) is 1. The first-order chi connectivity index (χ1) is 11.9. The van der Waals surface area contributed by atoms with Crippen LogP contribution in [-0.2, 0) is 4.79 Å². The second-order valence-electron chi connectivity index (χ2n) is 6.86. The van der Waals surface area contributed by atoms with Crippen molar-refractivity contribution in [3.8, 4) is 11.5 Å². The summed E-state index contributed by atoms with van der Waals surface area (Å²) in [5, 5.41) is 2.88. The van der Waals surface area contributed by atoms with Gasteiger partial charge in [-0.15, -0.1) is 0 Å². The van der Waals surface area contributed by atoms with Gasteiger partial charge in [-0.05, 0) is 62.4 Å². The van der Waals surface area contributed by atoms with Crippen LogP contribution >= 0.6 is 0 Å². The summed E-state index contributed by atoms with van der Waals surface area (Å²) in [6, 6.07) is 13.4. The van der Waals surface area contributed by atoms with Crippen LogP contribution in [0.5, 0.6) is 11.5 Å². The maximum absolute atomic E-state index is 14.3. The van der Waals surface area contributed by atoms with Crippen LogP contribution in [-0.4, -0.2) is 11.4 Å². The lowest BCUT2D eigenvalue weighted by molar-refractivity contribution is -0.127. The highest BCUT2D eigenvalue weighted by atomic mass is 19.1. The number of carbonyl (C=O) groups is 1. The minimum atomic E-state index is -0.872. The molecular formula is C20H23FN2O2. The van der Waals surface area contributed by atoms with Crippen LogP contribution < -0.4 is 15.8 Å². The highest BCUT2D eigenvalue weighted by Gasteiger charge is 2.44. The van der Waals surface area contributed by atoms with Crippen molar-refractivity contribution in [1.29, 1.82) is 0 Å². The van der Waals surface area contributed by atoms with Crippen molar-refractivity contribution < 1.29 is 13.9 Å². The normalized spacial score (nSPS) is 17.4. The van der Waals surface area contributed by atoms with Gasteiger partial charge in [0.1, 0.15) is 5.75 Å². The van der Waals surface area contributed by atoms with Crippen LogP contribution in [0, 0.1) is 11.7 Å². The molecule has 3 N–H and O–H groups in total. The Hall–Kier alpha value is -2.40. The maximum Gasteiger partial charge on any atom is 0.240 e. The Kier molecular flexibility index (Phi) is 4.77. The van der Waals surface area contributed by atoms with Gasteiger partial charge in [0.2, 0.25) is 5.91 Å². The molecule has 2 aromatic rings. The van der Waals surface area contributed by atoms with E-state index in [2.05, 4.69) is 5.32 Å². The predicted molar refractivity (Wildman–Crippen MR) is 94.8 cm³/mol. The van der Waals surface area contributed by atoms with Crippen LogP contribution in [0.2, 0.25) is 0 Å². The maximum atomic E-state index is 14.3. The summed E-state index contributed by atoms with van der Waals surface area (Å²) in [5.41, 5.74) is 5.92. The molecule has 1 aliphatic rings. The van der Waals surface area contributed by atoms with Crippen molar-refractivity contribution in [1.82, 2.24) is 5.32 Å². The van der Waals surface area contributed by atoms with E-state index in [9.17, 15) is 9.18 Å². The van der Waals surface area contributed by atoms with Gasteiger partial charge in [-0.25, -0.2) is 4.39 Å². The molecule has 3 rings (SSSR count). The van der Waals surface area contributed by atoms with Crippen LogP contribution in [0.1, 0.15) is 38.3 Å². The van der Waals surface area contributed by atoms with Crippen LogP contribution in [0.4, 0.5) is 4.39 Å². The van der Waals surface area contributed by atoms with E-state index >= 15 is 0 Å². The Morgan fingerprint density at radius 3 is 2.56 bits per heavy atom. The Bertz CT molecular complexity index is 758. The van der Waals surface area contributed by atoms with E-state index in [0.717, 1.165) is 12.8 Å². The van der Waals surface area contributed by atoms with Crippen molar-refractivity contribution in [2.45, 2.75) is 38.3 Å². The first kappa shape index (κ1) is 17.4. The standard InChI is InChI=1S/C20H23FN2O2/c1-13(23-19(24)20(2,22)15-9-10-15)14-8-11-18(17(21)12-14)25-16-6-4-3-5-7-16/h3-8,11-13,15H,9-10,22H2,1-2H3,(H,23,24)/t13-,20+/m1/s1. The molecule has 5 heteroatoms. The molecule has 132 valence electrons. The Labute approximate surface area is 147 Å². The molecule has 1 saturated carbocycles. The molecule has 0 saturated heterocycles. The van der Waals surface area contributed by atoms with E-state index in [1.807, 2.05) is 25.1 Å². The molecule has 1 fully saturated rings. The van der Waals surface area contributed by atoms with Gasteiger partial charge in [-0.2, -0.15) is 0 Å². The van der Waals surface area contributed by atoms with Crippen molar-refractivity contribution >= 4 is 5.91 Å². The molecule has 1 amide bonds. The molecule has 0 bridgehead atoms. The summed E-state index contributed by atoms with van der Waals surface area (Å²) in [6.45, 7) is 3.57. The Morgan fingerprint density at radius 2 is 1.96 bits per heavy atom. The summed E-state index contributed by atoms with van der Waals surface area (Å²) in [4.78, 5) is 12.4. The lowest BCUT2D eigenvalue weighted by Gasteiger charge is -2.26. The van der Waals surface area contributed by atoms with E-state index in [1.54, 1.807) is 31.2 Å². The topological polar surface area (TPSA) is 64.4 Å². The molecule has 1 aliphatic carbocycles. The highest BCUT2D eigenvalue weighted by Crippen LogP contribution is 2.38. The predicted octanol–water partition coefficient (Wildman–Crippen LogP) is 3.92. The summed E-state index contributed by atoms with van der Waals surface area (Å²) in [6.07, 6.45) is 1.96. The van der Waals surface area contributed by atoms with Crippen molar-refractivity contribution in [2.24, 2.45) is 11.7 Å². The minimum Gasteiger partial charge on any atom is -0.454 e. The van der Waals surface area contributed by atoms with Crippen LogP contribution in [0.25, 0.3) is 0 Å². The molecular weight excluding hydrogens is 319 g/mol. The van der Waals surface area contributed by atoms with E-state index < -0.39 is 11.4 Å². The van der Waals surface area contributed by atoms with Gasteiger partial charge >= 0.3 is 0 Å². The molecule has 25 heavy (non-hydrogen) atoms. The van der Waals surface area contributed by atoms with Crippen LogP contribution in [0.3, 0.4) is 0 Å². The average Bonchev–Trinajstić information content (AvgIpc) is 3.43. The second-order valence-corrected chi connectivity index (χ2v) is 6.86. The number of halogens is 1. The molecule has 0 unspecified atom stereocenters. The third kappa shape index (κ3) is 3.99. The van der Waals surface area contributed by atoms with Gasteiger partial charge in [0.25, 0.3) is 0 Å². The molecule has 4 nitrogen and oxygen atoms in total. The van der Waals surface area contributed by atoms with E-state index in [-0.39, 0.29) is 23.6 Å². The average molecular weight is 342 g/mol. The van der Waals surface area contributed by atoms with Crippen LogP contribution in [0.15, 0.2) is 48.5 Å². The molecule has 0 heterocycles. The summed E-state index contributed by atoms with van der Waals surface area (Å²) in [7, 11) is 0. The minimum absolute atomic E-state index is 0.148. The van der Waals surface area contributed by atoms with E-state index in [0.29, 0.717) is 11.3 Å². The van der Waals surface area contributed by atoms with Gasteiger partial charge in [0.05, 0.1) is 11.6 Å². The molecule has 2 atom stereocenters. The van der Waals surface area contributed by atoms with E-state index in [4.69, 9.17) is 10.5 Å². The molecule has 0 radical (unpaired) electrons. The number of nitrogens with two attached hydrogens (primary N) is 1. The lowest BCUT2D eigenvalue weighted by Crippen LogP contribution is -2.53. The van der Waals surface area contributed by atoms with Crippen molar-refractivity contribution in [3.05, 3.63) is 59.9 Å². The summed E-state index contributed by atoms with van der Waals surface area (Å²) < 4.78 is 19.9. The fraction of sp³-hybridized carbons (Fsp3) is 0.350. The molecule has 2 aromatic carbocycles. The highest BCUT2D eigenvalue weighted by molar-refractivity contribution is 5.86. The first-order valence-corrected chi connectivity index (χ1v) is 8.50. The number of carbonyl (C=O) groups excluding carboxylic acids is 1. The Morgan fingerprint density at radius 1 is 1.28 bits per heavy atom. The Balaban J connectivity index is 1.68. The van der Waals surface area contributed by atoms with E-state index in [1.165, 1.54) is 6.07 Å². The van der Waals surface area contributed by atoms with Crippen molar-refractivity contribution in [3.63, 3.8) is 0 Å². The summed E-state index contributed by atoms with van der Waals surface area (Å²) in [5.74, 6) is 0.278.